The van der Waals surface area contributed by atoms with Gasteiger partial charge in [0, 0.05) is 23.9 Å². The molecular formula is C15H14N3O. The maximum Gasteiger partial charge on any atom is 0.255 e. The van der Waals surface area contributed by atoms with Gasteiger partial charge in [-0.1, -0.05) is 24.3 Å². The van der Waals surface area contributed by atoms with Gasteiger partial charge in [-0.25, -0.2) is 0 Å². The quantitative estimate of drug-likeness (QED) is 0.884. The number of nitrogens with zero attached hydrogens (tertiary/aromatic N) is 2. The Balaban J connectivity index is 2.00. The molecule has 1 saturated heterocycles. The lowest BCUT2D eigenvalue weighted by molar-refractivity contribution is 0.0479. The van der Waals surface area contributed by atoms with Gasteiger partial charge in [0.05, 0.1) is 12.4 Å². The topological polar surface area (TPSA) is 59.2 Å². The van der Waals surface area contributed by atoms with Gasteiger partial charge in [-0.05, 0) is 24.1 Å². The van der Waals surface area contributed by atoms with E-state index in [9.17, 15) is 4.79 Å². The summed E-state index contributed by atoms with van der Waals surface area (Å²) in [6, 6.07) is 11.2. The van der Waals surface area contributed by atoms with Gasteiger partial charge in [0.1, 0.15) is 0 Å². The molecule has 1 fully saturated rings. The Kier molecular flexibility index (Phi) is 3.01. The van der Waals surface area contributed by atoms with E-state index in [2.05, 4.69) is 11.2 Å². The van der Waals surface area contributed by atoms with Crippen molar-refractivity contribution in [2.75, 3.05) is 6.54 Å². The number of amides is 1. The van der Waals surface area contributed by atoms with E-state index in [1.165, 1.54) is 0 Å². The highest BCUT2D eigenvalue weighted by molar-refractivity contribution is 6.01. The Hall–Kier alpha value is -2.20. The Bertz CT molecular complexity index is 597. The summed E-state index contributed by atoms with van der Waals surface area (Å²) in [6.45, 7) is 0.727. The van der Waals surface area contributed by atoms with Crippen LogP contribution in [0.1, 0.15) is 16.8 Å². The van der Waals surface area contributed by atoms with Crippen LogP contribution >= 0.6 is 0 Å². The molecule has 1 aliphatic rings. The molecule has 1 radical (unpaired) electrons. The number of carbonyl (C=O) groups excluding carboxylic acids is 1. The number of aromatic nitrogens is 1. The van der Waals surface area contributed by atoms with E-state index in [0.29, 0.717) is 5.56 Å². The summed E-state index contributed by atoms with van der Waals surface area (Å²) in [5.74, 6) is -0.0217. The van der Waals surface area contributed by atoms with Gasteiger partial charge in [-0.2, -0.15) is 0 Å². The molecule has 2 aromatic rings. The van der Waals surface area contributed by atoms with Gasteiger partial charge >= 0.3 is 0 Å². The molecule has 0 aliphatic carbocycles. The second-order valence-electron chi connectivity index (χ2n) is 4.56. The van der Waals surface area contributed by atoms with Crippen LogP contribution in [0.2, 0.25) is 0 Å². The number of hydrogen-bond donors (Lipinski definition) is 1. The van der Waals surface area contributed by atoms with Gasteiger partial charge in [0.25, 0.3) is 5.91 Å². The smallest absolute Gasteiger partial charge is 0.255 e. The fourth-order valence-corrected chi connectivity index (χ4v) is 2.19. The van der Waals surface area contributed by atoms with Crippen molar-refractivity contribution in [1.29, 1.82) is 0 Å². The molecule has 1 aromatic heterocycles. The molecule has 1 amide bonds. The van der Waals surface area contributed by atoms with Gasteiger partial charge in [-0.3, -0.25) is 9.78 Å². The first-order chi connectivity index (χ1) is 9.27. The highest BCUT2D eigenvalue weighted by Crippen LogP contribution is 2.26. The zero-order chi connectivity index (χ0) is 13.2. The summed E-state index contributed by atoms with van der Waals surface area (Å²) < 4.78 is 0. The first-order valence-corrected chi connectivity index (χ1v) is 6.26. The van der Waals surface area contributed by atoms with Crippen LogP contribution in [0.25, 0.3) is 11.1 Å². The summed E-state index contributed by atoms with van der Waals surface area (Å²) in [5.41, 5.74) is 8.16. The number of carbonyl (C=O) groups is 1. The molecule has 0 spiro atoms. The molecule has 0 bridgehead atoms. The van der Waals surface area contributed by atoms with Crippen LogP contribution in [-0.4, -0.2) is 28.5 Å². The summed E-state index contributed by atoms with van der Waals surface area (Å²) in [6.07, 6.45) is 5.29. The molecule has 1 aromatic carbocycles. The standard InChI is InChI=1S/C15H14N3O/c16-14-7-9-18(14)15(19)13-6-2-1-5-12(13)11-4-3-8-17-10-11/h1-6,8,14H,7,9,16H2. The second kappa shape index (κ2) is 4.82. The van der Waals surface area contributed by atoms with Crippen molar-refractivity contribution < 1.29 is 4.79 Å². The highest BCUT2D eigenvalue weighted by Gasteiger charge is 2.30. The fraction of sp³-hybridized carbons (Fsp3) is 0.200. The van der Waals surface area contributed by atoms with E-state index < -0.39 is 0 Å². The maximum atomic E-state index is 12.4. The van der Waals surface area contributed by atoms with Crippen LogP contribution in [0.3, 0.4) is 0 Å². The molecule has 2 heterocycles. The van der Waals surface area contributed by atoms with E-state index >= 15 is 0 Å². The molecule has 4 nitrogen and oxygen atoms in total. The summed E-state index contributed by atoms with van der Waals surface area (Å²) in [5, 5.41) is 0. The average molecular weight is 252 g/mol. The number of nitrogens with two attached hydrogens (primary N) is 1. The van der Waals surface area contributed by atoms with Crippen molar-refractivity contribution in [1.82, 2.24) is 9.88 Å². The van der Waals surface area contributed by atoms with E-state index in [-0.39, 0.29) is 12.1 Å². The first kappa shape index (κ1) is 11.9. The minimum atomic E-state index is -0.154. The van der Waals surface area contributed by atoms with Crippen molar-refractivity contribution in [3.63, 3.8) is 0 Å². The summed E-state index contributed by atoms with van der Waals surface area (Å²) >= 11 is 0. The molecule has 0 saturated carbocycles. The normalized spacial score (nSPS) is 17.9. The Morgan fingerprint density at radius 2 is 2.16 bits per heavy atom. The monoisotopic (exact) mass is 252 g/mol. The minimum Gasteiger partial charge on any atom is -0.323 e. The number of pyridine rings is 1. The van der Waals surface area contributed by atoms with Gasteiger partial charge in [0.2, 0.25) is 0 Å². The van der Waals surface area contributed by atoms with Crippen LogP contribution < -0.4 is 5.73 Å². The molecular weight excluding hydrogens is 238 g/mol. The van der Waals surface area contributed by atoms with Crippen LogP contribution in [0, 0.1) is 6.20 Å². The van der Waals surface area contributed by atoms with Crippen molar-refractivity contribution in [2.24, 2.45) is 5.73 Å². The fourth-order valence-electron chi connectivity index (χ4n) is 2.19. The number of rotatable bonds is 2. The Labute approximate surface area is 111 Å². The molecule has 1 unspecified atom stereocenters. The largest absolute Gasteiger partial charge is 0.323 e. The van der Waals surface area contributed by atoms with Crippen molar-refractivity contribution >= 4 is 5.91 Å². The van der Waals surface area contributed by atoms with Crippen molar-refractivity contribution in [2.45, 2.75) is 12.6 Å². The van der Waals surface area contributed by atoms with E-state index in [0.717, 1.165) is 24.1 Å². The number of hydrogen-bond acceptors (Lipinski definition) is 3. The third kappa shape index (κ3) is 2.11. The summed E-state index contributed by atoms with van der Waals surface area (Å²) in [7, 11) is 0. The minimum absolute atomic E-state index is 0.0217. The van der Waals surface area contributed by atoms with Crippen LogP contribution in [-0.2, 0) is 0 Å². The average Bonchev–Trinajstić information content (AvgIpc) is 2.46. The molecule has 2 N–H and O–H groups in total. The third-order valence-corrected chi connectivity index (χ3v) is 3.38. The molecule has 4 heteroatoms. The van der Waals surface area contributed by atoms with Crippen LogP contribution in [0.5, 0.6) is 0 Å². The van der Waals surface area contributed by atoms with Gasteiger partial charge in [0.15, 0.2) is 0 Å². The van der Waals surface area contributed by atoms with Crippen LogP contribution in [0.15, 0.2) is 42.6 Å². The zero-order valence-electron chi connectivity index (χ0n) is 10.4. The lowest BCUT2D eigenvalue weighted by Crippen LogP contribution is -2.56. The number of benzene rings is 1. The SMILES string of the molecule is NC1CCN1C(=O)c1ccccc1-c1[c]nccc1. The molecule has 1 aliphatic heterocycles. The van der Waals surface area contributed by atoms with Gasteiger partial charge < -0.3 is 10.6 Å². The Morgan fingerprint density at radius 1 is 1.32 bits per heavy atom. The van der Waals surface area contributed by atoms with E-state index in [1.807, 2.05) is 36.4 Å². The predicted octanol–water partition coefficient (Wildman–Crippen LogP) is 1.68. The van der Waals surface area contributed by atoms with Crippen molar-refractivity contribution in [3.05, 3.63) is 54.4 Å². The van der Waals surface area contributed by atoms with Gasteiger partial charge in [-0.15, -0.1) is 0 Å². The van der Waals surface area contributed by atoms with Crippen LogP contribution in [0.4, 0.5) is 0 Å². The maximum absolute atomic E-state index is 12.4. The molecule has 95 valence electrons. The second-order valence-corrected chi connectivity index (χ2v) is 4.56. The highest BCUT2D eigenvalue weighted by atomic mass is 16.2. The number of likely N-dealkylation sites (tertiary alicyclic amines) is 1. The third-order valence-electron chi connectivity index (χ3n) is 3.38. The predicted molar refractivity (Wildman–Crippen MR) is 72.1 cm³/mol. The lowest BCUT2D eigenvalue weighted by atomic mass is 9.98. The Morgan fingerprint density at radius 3 is 2.79 bits per heavy atom. The van der Waals surface area contributed by atoms with Crippen molar-refractivity contribution in [3.8, 4) is 11.1 Å². The molecule has 1 atom stereocenters. The first-order valence-electron chi connectivity index (χ1n) is 6.26. The molecule has 3 rings (SSSR count). The summed E-state index contributed by atoms with van der Waals surface area (Å²) in [4.78, 5) is 18.1. The van der Waals surface area contributed by atoms with E-state index in [1.54, 1.807) is 11.1 Å². The molecule has 19 heavy (non-hydrogen) atoms. The van der Waals surface area contributed by atoms with E-state index in [4.69, 9.17) is 5.73 Å². The zero-order valence-corrected chi connectivity index (χ0v) is 10.4. The lowest BCUT2D eigenvalue weighted by Gasteiger charge is -2.38.